The van der Waals surface area contributed by atoms with Crippen LogP contribution in [0.1, 0.15) is 11.4 Å². The minimum Gasteiger partial charge on any atom is -0.322 e. The number of hydrogen-bond donors (Lipinski definition) is 2. The van der Waals surface area contributed by atoms with Gasteiger partial charge in [-0.3, -0.25) is 10.00 Å². The number of amides is 2. The van der Waals surface area contributed by atoms with Gasteiger partial charge in [-0.25, -0.2) is 9.78 Å². The molecule has 0 saturated carbocycles. The summed E-state index contributed by atoms with van der Waals surface area (Å²) in [6.07, 6.45) is -3.00. The molecule has 0 atom stereocenters. The molecule has 1 aromatic carbocycles. The van der Waals surface area contributed by atoms with Crippen molar-refractivity contribution in [3.05, 3.63) is 42.0 Å². The molecular weight excluding hydrogens is 337 g/mol. The van der Waals surface area contributed by atoms with Crippen molar-refractivity contribution in [2.45, 2.75) is 12.7 Å². The summed E-state index contributed by atoms with van der Waals surface area (Å²) in [6, 6.07) is 4.20. The van der Waals surface area contributed by atoms with Crippen LogP contribution in [0, 0.1) is 0 Å². The van der Waals surface area contributed by atoms with Crippen LogP contribution in [-0.2, 0) is 12.7 Å². The van der Waals surface area contributed by atoms with Gasteiger partial charge < -0.3 is 10.2 Å². The molecule has 0 aliphatic carbocycles. The number of rotatable bonds is 3. The van der Waals surface area contributed by atoms with Crippen molar-refractivity contribution in [1.29, 1.82) is 0 Å². The van der Waals surface area contributed by atoms with Gasteiger partial charge in [-0.15, -0.1) is 0 Å². The number of alkyl halides is 3. The largest absolute Gasteiger partial charge is 0.416 e. The summed E-state index contributed by atoms with van der Waals surface area (Å²) in [7, 11) is 0. The maximum atomic E-state index is 12.7. The second kappa shape index (κ2) is 7.09. The smallest absolute Gasteiger partial charge is 0.322 e. The Morgan fingerprint density at radius 3 is 2.64 bits per heavy atom. The molecule has 2 amide bonds. The Bertz CT molecular complexity index is 710. The number of carbonyl (C=O) groups is 1. The van der Waals surface area contributed by atoms with Crippen LogP contribution in [-0.4, -0.2) is 57.2 Å². The van der Waals surface area contributed by atoms with Gasteiger partial charge in [-0.05, 0) is 18.2 Å². The molecule has 1 saturated heterocycles. The lowest BCUT2D eigenvalue weighted by atomic mass is 10.2. The molecule has 134 valence electrons. The van der Waals surface area contributed by atoms with E-state index in [1.165, 1.54) is 18.5 Å². The Balaban J connectivity index is 1.53. The lowest BCUT2D eigenvalue weighted by Crippen LogP contribution is -2.49. The lowest BCUT2D eigenvalue weighted by molar-refractivity contribution is -0.137. The highest BCUT2D eigenvalue weighted by Gasteiger charge is 2.30. The molecular formula is C15H17F3N6O. The van der Waals surface area contributed by atoms with E-state index < -0.39 is 17.8 Å². The highest BCUT2D eigenvalue weighted by Crippen LogP contribution is 2.30. The van der Waals surface area contributed by atoms with Crippen molar-refractivity contribution in [3.8, 4) is 0 Å². The first kappa shape index (κ1) is 17.2. The van der Waals surface area contributed by atoms with Crippen LogP contribution in [0.15, 0.2) is 30.6 Å². The third-order valence-electron chi connectivity index (χ3n) is 3.94. The van der Waals surface area contributed by atoms with E-state index in [0.717, 1.165) is 18.0 Å². The number of benzene rings is 1. The van der Waals surface area contributed by atoms with Crippen molar-refractivity contribution in [1.82, 2.24) is 25.0 Å². The topological polar surface area (TPSA) is 77.2 Å². The number of nitrogens with zero attached hydrogens (tertiary/aromatic N) is 4. The molecule has 1 aliphatic heterocycles. The predicted molar refractivity (Wildman–Crippen MR) is 83.7 cm³/mol. The number of nitrogens with one attached hydrogen (secondary N) is 2. The van der Waals surface area contributed by atoms with Crippen molar-refractivity contribution < 1.29 is 18.0 Å². The van der Waals surface area contributed by atoms with E-state index in [0.29, 0.717) is 32.7 Å². The summed E-state index contributed by atoms with van der Waals surface area (Å²) in [4.78, 5) is 20.0. The van der Waals surface area contributed by atoms with Crippen molar-refractivity contribution in [2.24, 2.45) is 0 Å². The standard InChI is InChI=1S/C15H17F3N6O/c16-15(17,18)11-2-1-3-12(8-11)21-14(25)24-6-4-23(5-7-24)9-13-19-10-20-22-13/h1-3,8,10H,4-7,9H2,(H,21,25)(H,19,20,22). The van der Waals surface area contributed by atoms with Crippen LogP contribution in [0.5, 0.6) is 0 Å². The van der Waals surface area contributed by atoms with Crippen LogP contribution < -0.4 is 5.32 Å². The zero-order chi connectivity index (χ0) is 17.9. The van der Waals surface area contributed by atoms with Gasteiger partial charge in [0.15, 0.2) is 0 Å². The fourth-order valence-electron chi connectivity index (χ4n) is 2.60. The number of piperazine rings is 1. The molecule has 3 rings (SSSR count). The molecule has 2 aromatic rings. The number of halogens is 3. The average molecular weight is 354 g/mol. The number of aromatic amines is 1. The molecule has 2 N–H and O–H groups in total. The summed E-state index contributed by atoms with van der Waals surface area (Å²) in [6.45, 7) is 2.88. The second-order valence-corrected chi connectivity index (χ2v) is 5.70. The molecule has 0 radical (unpaired) electrons. The molecule has 0 unspecified atom stereocenters. The van der Waals surface area contributed by atoms with Gasteiger partial charge in [0.25, 0.3) is 0 Å². The highest BCUT2D eigenvalue weighted by molar-refractivity contribution is 5.89. The predicted octanol–water partition coefficient (Wildman–Crippen LogP) is 2.17. The number of H-pyrrole nitrogens is 1. The van der Waals surface area contributed by atoms with Gasteiger partial charge >= 0.3 is 12.2 Å². The summed E-state index contributed by atoms with van der Waals surface area (Å²) in [5, 5.41) is 9.09. The maximum absolute atomic E-state index is 12.7. The molecule has 7 nitrogen and oxygen atoms in total. The zero-order valence-corrected chi connectivity index (χ0v) is 13.3. The Hall–Kier alpha value is -2.62. The van der Waals surface area contributed by atoms with E-state index in [4.69, 9.17) is 0 Å². The third-order valence-corrected chi connectivity index (χ3v) is 3.94. The molecule has 1 aromatic heterocycles. The van der Waals surface area contributed by atoms with Gasteiger partial charge in [-0.1, -0.05) is 6.07 Å². The van der Waals surface area contributed by atoms with E-state index in [2.05, 4.69) is 25.4 Å². The molecule has 1 fully saturated rings. The molecule has 1 aliphatic rings. The third kappa shape index (κ3) is 4.47. The number of urea groups is 1. The number of aromatic nitrogens is 3. The quantitative estimate of drug-likeness (QED) is 0.886. The SMILES string of the molecule is O=C(Nc1cccc(C(F)(F)F)c1)N1CCN(Cc2ncn[nH]2)CC1. The number of carbonyl (C=O) groups excluding carboxylic acids is 1. The first-order chi connectivity index (χ1) is 11.9. The normalized spacial score (nSPS) is 16.0. The second-order valence-electron chi connectivity index (χ2n) is 5.70. The van der Waals surface area contributed by atoms with Crippen LogP contribution in [0.25, 0.3) is 0 Å². The summed E-state index contributed by atoms with van der Waals surface area (Å²) < 4.78 is 38.2. The minimum atomic E-state index is -4.44. The van der Waals surface area contributed by atoms with Gasteiger partial charge in [-0.2, -0.15) is 18.3 Å². The van der Waals surface area contributed by atoms with Crippen molar-refractivity contribution in [2.75, 3.05) is 31.5 Å². The Kier molecular flexibility index (Phi) is 4.88. The van der Waals surface area contributed by atoms with Gasteiger partial charge in [0.2, 0.25) is 0 Å². The first-order valence-electron chi connectivity index (χ1n) is 7.71. The molecule has 2 heterocycles. The van der Waals surface area contributed by atoms with Crippen LogP contribution in [0.2, 0.25) is 0 Å². The van der Waals surface area contributed by atoms with E-state index in [-0.39, 0.29) is 5.69 Å². The van der Waals surface area contributed by atoms with E-state index in [1.54, 1.807) is 4.90 Å². The minimum absolute atomic E-state index is 0.129. The van der Waals surface area contributed by atoms with Crippen LogP contribution >= 0.6 is 0 Å². The van der Waals surface area contributed by atoms with Crippen LogP contribution in [0.4, 0.5) is 23.7 Å². The van der Waals surface area contributed by atoms with E-state index in [9.17, 15) is 18.0 Å². The summed E-state index contributed by atoms with van der Waals surface area (Å²) in [5.74, 6) is 0.752. The average Bonchev–Trinajstić information content (AvgIpc) is 3.08. The van der Waals surface area contributed by atoms with Gasteiger partial charge in [0, 0.05) is 31.9 Å². The molecule has 10 heteroatoms. The summed E-state index contributed by atoms with van der Waals surface area (Å²) in [5.41, 5.74) is -0.661. The maximum Gasteiger partial charge on any atom is 0.416 e. The zero-order valence-electron chi connectivity index (χ0n) is 13.3. The fourth-order valence-corrected chi connectivity index (χ4v) is 2.60. The lowest BCUT2D eigenvalue weighted by Gasteiger charge is -2.34. The molecule has 0 bridgehead atoms. The Labute approximate surface area is 141 Å². The monoisotopic (exact) mass is 354 g/mol. The van der Waals surface area contributed by atoms with E-state index >= 15 is 0 Å². The van der Waals surface area contributed by atoms with Gasteiger partial charge in [0.05, 0.1) is 12.1 Å². The first-order valence-corrected chi connectivity index (χ1v) is 7.71. The van der Waals surface area contributed by atoms with Crippen molar-refractivity contribution in [3.63, 3.8) is 0 Å². The Morgan fingerprint density at radius 2 is 2.00 bits per heavy atom. The summed E-state index contributed by atoms with van der Waals surface area (Å²) >= 11 is 0. The van der Waals surface area contributed by atoms with Crippen molar-refractivity contribution >= 4 is 11.7 Å². The van der Waals surface area contributed by atoms with Gasteiger partial charge in [0.1, 0.15) is 12.2 Å². The molecule has 25 heavy (non-hydrogen) atoms. The van der Waals surface area contributed by atoms with Crippen LogP contribution in [0.3, 0.4) is 0 Å². The molecule has 0 spiro atoms. The number of hydrogen-bond acceptors (Lipinski definition) is 4. The Morgan fingerprint density at radius 1 is 1.24 bits per heavy atom. The highest BCUT2D eigenvalue weighted by atomic mass is 19.4. The van der Waals surface area contributed by atoms with E-state index in [1.807, 2.05) is 0 Å². The fraction of sp³-hybridized carbons (Fsp3) is 0.400. The number of anilines is 1.